The zero-order valence-corrected chi connectivity index (χ0v) is 10.1. The number of aromatic nitrogens is 3. The smallest absolute Gasteiger partial charge is 0.112 e. The predicted molar refractivity (Wildman–Crippen MR) is 58.7 cm³/mol. The molecule has 0 radical (unpaired) electrons. The van der Waals surface area contributed by atoms with Crippen LogP contribution in [0.1, 0.15) is 32.4 Å². The maximum Gasteiger partial charge on any atom is 0.112 e. The molecule has 2 atom stereocenters. The molecule has 0 bridgehead atoms. The van der Waals surface area contributed by atoms with E-state index in [0.29, 0.717) is 25.4 Å². The zero-order chi connectivity index (χ0) is 11.8. The number of ether oxygens (including phenoxy) is 1. The van der Waals surface area contributed by atoms with Crippen LogP contribution < -0.4 is 0 Å². The predicted octanol–water partition coefficient (Wildman–Crippen LogP) is 0.838. The van der Waals surface area contributed by atoms with Gasteiger partial charge in [0.15, 0.2) is 0 Å². The van der Waals surface area contributed by atoms with Gasteiger partial charge in [-0.05, 0) is 5.92 Å². The van der Waals surface area contributed by atoms with Crippen LogP contribution >= 0.6 is 0 Å². The monoisotopic (exact) mass is 225 g/mol. The first kappa shape index (κ1) is 11.5. The summed E-state index contributed by atoms with van der Waals surface area (Å²) in [5.41, 5.74) is -0.0627. The first-order valence-corrected chi connectivity index (χ1v) is 5.72. The van der Waals surface area contributed by atoms with Gasteiger partial charge in [-0.1, -0.05) is 19.1 Å². The maximum absolute atomic E-state index is 10.7. The highest BCUT2D eigenvalue weighted by atomic mass is 16.5. The molecule has 1 saturated heterocycles. The standard InChI is InChI=1S/C11H19N3O2/c1-8(2)9-6-11(15,4-5-16-9)10-7-12-13-14(10)3/h7-9,15H,4-6H2,1-3H3. The van der Waals surface area contributed by atoms with Crippen molar-refractivity contribution in [2.75, 3.05) is 6.61 Å². The number of hydrogen-bond acceptors (Lipinski definition) is 4. The average Bonchev–Trinajstić information content (AvgIpc) is 2.65. The van der Waals surface area contributed by atoms with Gasteiger partial charge in [0.05, 0.1) is 24.6 Å². The maximum atomic E-state index is 10.7. The molecule has 2 rings (SSSR count). The van der Waals surface area contributed by atoms with Crippen molar-refractivity contribution in [2.45, 2.75) is 38.4 Å². The molecule has 16 heavy (non-hydrogen) atoms. The van der Waals surface area contributed by atoms with Gasteiger partial charge in [-0.15, -0.1) is 5.10 Å². The van der Waals surface area contributed by atoms with Gasteiger partial charge in [0.2, 0.25) is 0 Å². The Morgan fingerprint density at radius 2 is 2.38 bits per heavy atom. The van der Waals surface area contributed by atoms with Gasteiger partial charge in [-0.3, -0.25) is 0 Å². The van der Waals surface area contributed by atoms with E-state index < -0.39 is 5.60 Å². The van der Waals surface area contributed by atoms with E-state index in [-0.39, 0.29) is 6.10 Å². The average molecular weight is 225 g/mol. The third-order valence-corrected chi connectivity index (χ3v) is 3.32. The highest BCUT2D eigenvalue weighted by molar-refractivity contribution is 5.09. The molecule has 2 heterocycles. The summed E-state index contributed by atoms with van der Waals surface area (Å²) in [6, 6.07) is 0. The van der Waals surface area contributed by atoms with Crippen LogP contribution in [-0.4, -0.2) is 32.8 Å². The molecular weight excluding hydrogens is 206 g/mol. The molecule has 90 valence electrons. The molecule has 1 aromatic rings. The fourth-order valence-electron chi connectivity index (χ4n) is 2.24. The normalized spacial score (nSPS) is 30.9. The highest BCUT2D eigenvalue weighted by Crippen LogP contribution is 2.35. The van der Waals surface area contributed by atoms with Gasteiger partial charge in [0, 0.05) is 19.9 Å². The molecule has 5 heteroatoms. The second-order valence-electron chi connectivity index (χ2n) is 4.88. The number of nitrogens with zero attached hydrogens (tertiary/aromatic N) is 3. The fourth-order valence-corrected chi connectivity index (χ4v) is 2.24. The second kappa shape index (κ2) is 4.14. The third-order valence-electron chi connectivity index (χ3n) is 3.32. The molecule has 0 aliphatic carbocycles. The Kier molecular flexibility index (Phi) is 2.99. The van der Waals surface area contributed by atoms with Crippen LogP contribution in [0.15, 0.2) is 6.20 Å². The van der Waals surface area contributed by atoms with Crippen LogP contribution in [0.3, 0.4) is 0 Å². The highest BCUT2D eigenvalue weighted by Gasteiger charge is 2.39. The van der Waals surface area contributed by atoms with E-state index in [0.717, 1.165) is 5.69 Å². The quantitative estimate of drug-likeness (QED) is 0.810. The number of aliphatic hydroxyl groups is 1. The molecule has 1 aromatic heterocycles. The summed E-state index contributed by atoms with van der Waals surface area (Å²) < 4.78 is 7.30. The molecule has 1 aliphatic heterocycles. The van der Waals surface area contributed by atoms with E-state index in [1.165, 1.54) is 0 Å². The first-order valence-electron chi connectivity index (χ1n) is 5.72. The van der Waals surface area contributed by atoms with Gasteiger partial charge < -0.3 is 9.84 Å². The molecule has 5 nitrogen and oxygen atoms in total. The Morgan fingerprint density at radius 3 is 2.94 bits per heavy atom. The summed E-state index contributed by atoms with van der Waals surface area (Å²) in [5.74, 6) is 0.410. The number of rotatable bonds is 2. The van der Waals surface area contributed by atoms with Crippen molar-refractivity contribution in [3.05, 3.63) is 11.9 Å². The van der Waals surface area contributed by atoms with Gasteiger partial charge >= 0.3 is 0 Å². The van der Waals surface area contributed by atoms with Gasteiger partial charge in [-0.2, -0.15) is 0 Å². The van der Waals surface area contributed by atoms with Crippen LogP contribution in [0.4, 0.5) is 0 Å². The fraction of sp³-hybridized carbons (Fsp3) is 0.818. The van der Waals surface area contributed by atoms with Crippen LogP contribution in [0.25, 0.3) is 0 Å². The lowest BCUT2D eigenvalue weighted by molar-refractivity contribution is -0.124. The first-order chi connectivity index (χ1) is 7.53. The zero-order valence-electron chi connectivity index (χ0n) is 10.1. The summed E-state index contributed by atoms with van der Waals surface area (Å²) in [5, 5.41) is 18.3. The lowest BCUT2D eigenvalue weighted by Gasteiger charge is -2.38. The summed E-state index contributed by atoms with van der Waals surface area (Å²) in [4.78, 5) is 0. The molecule has 0 amide bonds. The molecule has 0 saturated carbocycles. The molecular formula is C11H19N3O2. The summed E-state index contributed by atoms with van der Waals surface area (Å²) in [6.45, 7) is 4.81. The van der Waals surface area contributed by atoms with Crippen molar-refractivity contribution in [3.63, 3.8) is 0 Å². The van der Waals surface area contributed by atoms with Gasteiger partial charge in [0.25, 0.3) is 0 Å². The van der Waals surface area contributed by atoms with Crippen LogP contribution in [0, 0.1) is 5.92 Å². The van der Waals surface area contributed by atoms with Crippen molar-refractivity contribution < 1.29 is 9.84 Å². The lowest BCUT2D eigenvalue weighted by atomic mass is 9.84. The van der Waals surface area contributed by atoms with E-state index in [1.54, 1.807) is 17.9 Å². The molecule has 2 unspecified atom stereocenters. The van der Waals surface area contributed by atoms with E-state index >= 15 is 0 Å². The van der Waals surface area contributed by atoms with Crippen molar-refractivity contribution >= 4 is 0 Å². The Morgan fingerprint density at radius 1 is 1.62 bits per heavy atom. The van der Waals surface area contributed by atoms with Crippen LogP contribution in [0.2, 0.25) is 0 Å². The molecule has 1 fully saturated rings. The Hall–Kier alpha value is -0.940. The van der Waals surface area contributed by atoms with E-state index in [1.807, 2.05) is 0 Å². The van der Waals surface area contributed by atoms with Crippen LogP contribution in [0.5, 0.6) is 0 Å². The molecule has 1 aliphatic rings. The Balaban J connectivity index is 2.22. The van der Waals surface area contributed by atoms with E-state index in [4.69, 9.17) is 4.74 Å². The van der Waals surface area contributed by atoms with Gasteiger partial charge in [0.1, 0.15) is 5.60 Å². The Labute approximate surface area is 95.4 Å². The van der Waals surface area contributed by atoms with Crippen molar-refractivity contribution in [2.24, 2.45) is 13.0 Å². The Bertz CT molecular complexity index is 364. The summed E-state index contributed by atoms with van der Waals surface area (Å²) in [6.07, 6.45) is 2.97. The van der Waals surface area contributed by atoms with Crippen molar-refractivity contribution in [3.8, 4) is 0 Å². The topological polar surface area (TPSA) is 60.2 Å². The third kappa shape index (κ3) is 1.97. The SMILES string of the molecule is CC(C)C1CC(O)(c2cnnn2C)CCO1. The lowest BCUT2D eigenvalue weighted by Crippen LogP contribution is -2.41. The van der Waals surface area contributed by atoms with Crippen molar-refractivity contribution in [1.82, 2.24) is 15.0 Å². The minimum atomic E-state index is -0.842. The minimum Gasteiger partial charge on any atom is -0.383 e. The van der Waals surface area contributed by atoms with Crippen molar-refractivity contribution in [1.29, 1.82) is 0 Å². The number of hydrogen-bond donors (Lipinski definition) is 1. The molecule has 0 aromatic carbocycles. The number of aryl methyl sites for hydroxylation is 1. The van der Waals surface area contributed by atoms with E-state index in [9.17, 15) is 5.11 Å². The summed E-state index contributed by atoms with van der Waals surface area (Å²) in [7, 11) is 1.81. The summed E-state index contributed by atoms with van der Waals surface area (Å²) >= 11 is 0. The minimum absolute atomic E-state index is 0.105. The second-order valence-corrected chi connectivity index (χ2v) is 4.88. The molecule has 0 spiro atoms. The molecule has 1 N–H and O–H groups in total. The largest absolute Gasteiger partial charge is 0.383 e. The van der Waals surface area contributed by atoms with Gasteiger partial charge in [-0.25, -0.2) is 4.68 Å². The van der Waals surface area contributed by atoms with E-state index in [2.05, 4.69) is 24.2 Å². The van der Waals surface area contributed by atoms with Crippen LogP contribution in [-0.2, 0) is 17.4 Å².